The number of nitrogens with zero attached hydrogens (tertiary/aromatic N) is 1. The zero-order chi connectivity index (χ0) is 7.11. The molecule has 0 amide bonds. The quantitative estimate of drug-likeness (QED) is 0.421. The van der Waals surface area contributed by atoms with Gasteiger partial charge in [0.2, 0.25) is 6.08 Å². The van der Waals surface area contributed by atoms with E-state index in [1.807, 2.05) is 6.92 Å². The second-order valence-corrected chi connectivity index (χ2v) is 1.70. The van der Waals surface area contributed by atoms with Gasteiger partial charge in [-0.3, -0.25) is 0 Å². The molecule has 0 aliphatic carbocycles. The van der Waals surface area contributed by atoms with Gasteiger partial charge in [-0.1, -0.05) is 13.3 Å². The molecule has 0 aliphatic heterocycles. The lowest BCUT2D eigenvalue weighted by Crippen LogP contribution is -2.05. The molecule has 0 aromatic rings. The fraction of sp³-hybridized carbons (Fsp3) is 0.833. The van der Waals surface area contributed by atoms with Gasteiger partial charge < -0.3 is 4.74 Å². The van der Waals surface area contributed by atoms with Crippen LogP contribution in [0.25, 0.3) is 0 Å². The molecule has 0 heterocycles. The van der Waals surface area contributed by atoms with Crippen LogP contribution in [0.15, 0.2) is 4.99 Å². The lowest BCUT2D eigenvalue weighted by atomic mass is 10.3. The lowest BCUT2D eigenvalue weighted by Gasteiger charge is -2.04. The minimum Gasteiger partial charge on any atom is -0.359 e. The SMILES string of the molecule is CCCC(N=C=O)OC. The summed E-state index contributed by atoms with van der Waals surface area (Å²) in [6, 6.07) is 0. The molecule has 3 nitrogen and oxygen atoms in total. The number of aliphatic imine (C=N–C) groups is 1. The van der Waals surface area contributed by atoms with Crippen LogP contribution in [0.4, 0.5) is 0 Å². The van der Waals surface area contributed by atoms with E-state index in [2.05, 4.69) is 4.99 Å². The van der Waals surface area contributed by atoms with E-state index in [1.165, 1.54) is 13.2 Å². The average Bonchev–Trinajstić information content (AvgIpc) is 1.88. The Kier molecular flexibility index (Phi) is 5.07. The van der Waals surface area contributed by atoms with E-state index in [0.717, 1.165) is 12.8 Å². The Balaban J connectivity index is 3.53. The average molecular weight is 129 g/mol. The van der Waals surface area contributed by atoms with E-state index in [0.29, 0.717) is 0 Å². The van der Waals surface area contributed by atoms with Crippen LogP contribution in [0.1, 0.15) is 19.8 Å². The first-order valence-electron chi connectivity index (χ1n) is 2.95. The third-order valence-electron chi connectivity index (χ3n) is 1.00. The summed E-state index contributed by atoms with van der Waals surface area (Å²) in [5, 5.41) is 0. The van der Waals surface area contributed by atoms with Gasteiger partial charge in [-0.25, -0.2) is 4.79 Å². The summed E-state index contributed by atoms with van der Waals surface area (Å²) >= 11 is 0. The van der Waals surface area contributed by atoms with Gasteiger partial charge in [0.25, 0.3) is 0 Å². The monoisotopic (exact) mass is 129 g/mol. The van der Waals surface area contributed by atoms with E-state index < -0.39 is 0 Å². The molecular formula is C6H11NO2. The van der Waals surface area contributed by atoms with Gasteiger partial charge in [-0.2, -0.15) is 4.99 Å². The summed E-state index contributed by atoms with van der Waals surface area (Å²) in [5.74, 6) is 0. The van der Waals surface area contributed by atoms with Crippen molar-refractivity contribution < 1.29 is 9.53 Å². The zero-order valence-corrected chi connectivity index (χ0v) is 5.76. The maximum absolute atomic E-state index is 9.68. The van der Waals surface area contributed by atoms with Gasteiger partial charge in [-0.05, 0) is 6.42 Å². The van der Waals surface area contributed by atoms with Crippen molar-refractivity contribution in [3.05, 3.63) is 0 Å². The molecule has 0 spiro atoms. The number of ether oxygens (including phenoxy) is 1. The highest BCUT2D eigenvalue weighted by Crippen LogP contribution is 1.99. The smallest absolute Gasteiger partial charge is 0.237 e. The summed E-state index contributed by atoms with van der Waals surface area (Å²) in [4.78, 5) is 13.1. The number of hydrogen-bond donors (Lipinski definition) is 0. The first kappa shape index (κ1) is 8.34. The molecular weight excluding hydrogens is 118 g/mol. The van der Waals surface area contributed by atoms with Crippen molar-refractivity contribution in [3.8, 4) is 0 Å². The van der Waals surface area contributed by atoms with Crippen molar-refractivity contribution in [2.24, 2.45) is 4.99 Å². The molecule has 1 unspecified atom stereocenters. The molecule has 0 rings (SSSR count). The van der Waals surface area contributed by atoms with Gasteiger partial charge in [0.15, 0.2) is 6.23 Å². The summed E-state index contributed by atoms with van der Waals surface area (Å²) < 4.78 is 4.80. The number of methoxy groups -OCH3 is 1. The Bertz CT molecular complexity index is 108. The molecule has 0 aromatic heterocycles. The third-order valence-corrected chi connectivity index (χ3v) is 1.00. The number of rotatable bonds is 4. The molecule has 0 bridgehead atoms. The highest BCUT2D eigenvalue weighted by Gasteiger charge is 1.99. The van der Waals surface area contributed by atoms with Crippen LogP contribution in [0.3, 0.4) is 0 Å². The molecule has 0 aromatic carbocycles. The summed E-state index contributed by atoms with van der Waals surface area (Å²) in [7, 11) is 1.53. The summed E-state index contributed by atoms with van der Waals surface area (Å²) in [6.07, 6.45) is 2.91. The van der Waals surface area contributed by atoms with Crippen molar-refractivity contribution in [2.75, 3.05) is 7.11 Å². The molecule has 1 atom stereocenters. The first-order valence-corrected chi connectivity index (χ1v) is 2.95. The van der Waals surface area contributed by atoms with E-state index in [-0.39, 0.29) is 6.23 Å². The van der Waals surface area contributed by atoms with Crippen LogP contribution in [-0.2, 0) is 9.53 Å². The summed E-state index contributed by atoms with van der Waals surface area (Å²) in [6.45, 7) is 2.01. The molecule has 3 heteroatoms. The molecule has 0 radical (unpaired) electrons. The van der Waals surface area contributed by atoms with Crippen LogP contribution in [0.5, 0.6) is 0 Å². The minimum atomic E-state index is -0.285. The third kappa shape index (κ3) is 3.88. The van der Waals surface area contributed by atoms with E-state index >= 15 is 0 Å². The van der Waals surface area contributed by atoms with Gasteiger partial charge in [0, 0.05) is 7.11 Å². The Morgan fingerprint density at radius 1 is 1.78 bits per heavy atom. The van der Waals surface area contributed by atoms with Crippen LogP contribution in [0, 0.1) is 0 Å². The zero-order valence-electron chi connectivity index (χ0n) is 5.76. The second-order valence-electron chi connectivity index (χ2n) is 1.70. The molecule has 0 saturated carbocycles. The number of hydrogen-bond acceptors (Lipinski definition) is 3. The van der Waals surface area contributed by atoms with Gasteiger partial charge in [-0.15, -0.1) is 0 Å². The Morgan fingerprint density at radius 3 is 2.78 bits per heavy atom. The summed E-state index contributed by atoms with van der Waals surface area (Å²) in [5.41, 5.74) is 0. The fourth-order valence-corrected chi connectivity index (χ4v) is 0.541. The predicted molar refractivity (Wildman–Crippen MR) is 33.8 cm³/mol. The van der Waals surface area contributed by atoms with Crippen molar-refractivity contribution in [3.63, 3.8) is 0 Å². The molecule has 0 fully saturated rings. The van der Waals surface area contributed by atoms with E-state index in [4.69, 9.17) is 4.74 Å². The van der Waals surface area contributed by atoms with Crippen molar-refractivity contribution in [1.82, 2.24) is 0 Å². The molecule has 0 N–H and O–H groups in total. The Morgan fingerprint density at radius 2 is 2.44 bits per heavy atom. The second kappa shape index (κ2) is 5.48. The molecule has 9 heavy (non-hydrogen) atoms. The van der Waals surface area contributed by atoms with Crippen LogP contribution in [0.2, 0.25) is 0 Å². The largest absolute Gasteiger partial charge is 0.359 e. The van der Waals surface area contributed by atoms with Crippen LogP contribution < -0.4 is 0 Å². The van der Waals surface area contributed by atoms with Crippen LogP contribution in [-0.4, -0.2) is 19.4 Å². The normalized spacial score (nSPS) is 12.2. The minimum absolute atomic E-state index is 0.285. The van der Waals surface area contributed by atoms with Gasteiger partial charge in [0.05, 0.1) is 0 Å². The number of isocyanates is 1. The predicted octanol–water partition coefficient (Wildman–Crippen LogP) is 1.09. The van der Waals surface area contributed by atoms with Gasteiger partial charge >= 0.3 is 0 Å². The van der Waals surface area contributed by atoms with Crippen LogP contribution >= 0.6 is 0 Å². The lowest BCUT2D eigenvalue weighted by molar-refractivity contribution is 0.102. The molecule has 0 aliphatic rings. The Hall–Kier alpha value is -0.660. The molecule has 52 valence electrons. The maximum Gasteiger partial charge on any atom is 0.237 e. The molecule has 0 saturated heterocycles. The van der Waals surface area contributed by atoms with E-state index in [1.54, 1.807) is 0 Å². The topological polar surface area (TPSA) is 38.7 Å². The van der Waals surface area contributed by atoms with Crippen molar-refractivity contribution >= 4 is 6.08 Å². The Labute approximate surface area is 54.7 Å². The van der Waals surface area contributed by atoms with Crippen molar-refractivity contribution in [1.29, 1.82) is 0 Å². The van der Waals surface area contributed by atoms with E-state index in [9.17, 15) is 4.79 Å². The first-order chi connectivity index (χ1) is 4.35. The maximum atomic E-state index is 9.68. The standard InChI is InChI=1S/C6H11NO2/c1-3-4-6(9-2)7-5-8/h6H,3-4H2,1-2H3. The number of carbonyl (C=O) groups excluding carboxylic acids is 1. The van der Waals surface area contributed by atoms with Crippen molar-refractivity contribution in [2.45, 2.75) is 26.0 Å². The fourth-order valence-electron chi connectivity index (χ4n) is 0.541. The van der Waals surface area contributed by atoms with Gasteiger partial charge in [0.1, 0.15) is 0 Å². The highest BCUT2D eigenvalue weighted by molar-refractivity contribution is 5.33. The highest BCUT2D eigenvalue weighted by atomic mass is 16.5.